The van der Waals surface area contributed by atoms with Crippen LogP contribution in [0, 0.1) is 0 Å². The van der Waals surface area contributed by atoms with Gasteiger partial charge >= 0.3 is 12.0 Å². The lowest BCUT2D eigenvalue weighted by atomic mass is 10.2. The van der Waals surface area contributed by atoms with Gasteiger partial charge in [0.2, 0.25) is 0 Å². The maximum atomic E-state index is 11.8. The summed E-state index contributed by atoms with van der Waals surface area (Å²) in [6, 6.07) is 10.3. The van der Waals surface area contributed by atoms with Gasteiger partial charge in [-0.3, -0.25) is 0 Å². The first-order chi connectivity index (χ1) is 11.2. The third-order valence-corrected chi connectivity index (χ3v) is 3.99. The van der Waals surface area contributed by atoms with E-state index < -0.39 is 0 Å². The molecule has 0 aliphatic rings. The summed E-state index contributed by atoms with van der Waals surface area (Å²) in [5.41, 5.74) is 1.10. The molecule has 23 heavy (non-hydrogen) atoms. The lowest BCUT2D eigenvalue weighted by molar-refractivity contribution is 0.0500. The van der Waals surface area contributed by atoms with Gasteiger partial charge in [0, 0.05) is 10.6 Å². The van der Waals surface area contributed by atoms with Gasteiger partial charge in [0.15, 0.2) is 0 Å². The van der Waals surface area contributed by atoms with Crippen LogP contribution in [0.3, 0.4) is 0 Å². The normalized spacial score (nSPS) is 10.1. The second kappa shape index (κ2) is 8.95. The molecule has 0 spiro atoms. The number of nitrogens with one attached hydrogen (secondary N) is 2. The Morgan fingerprint density at radius 1 is 1.17 bits per heavy atom. The van der Waals surface area contributed by atoms with Crippen molar-refractivity contribution in [2.45, 2.75) is 26.3 Å². The zero-order valence-electron chi connectivity index (χ0n) is 13.0. The van der Waals surface area contributed by atoms with Crippen LogP contribution in [-0.2, 0) is 11.3 Å². The average Bonchev–Trinajstić information content (AvgIpc) is 3.07. The third kappa shape index (κ3) is 5.75. The molecular formula is C17H20N2O3S. The SMILES string of the molecule is CCCCOC(=O)c1ccc(NC(=O)NCc2cccs2)cc1. The van der Waals surface area contributed by atoms with Crippen LogP contribution in [0.4, 0.5) is 10.5 Å². The molecule has 0 unspecified atom stereocenters. The number of amides is 2. The van der Waals surface area contributed by atoms with Gasteiger partial charge in [0.1, 0.15) is 0 Å². The van der Waals surface area contributed by atoms with E-state index in [4.69, 9.17) is 4.74 Å². The maximum Gasteiger partial charge on any atom is 0.338 e. The number of hydrogen-bond donors (Lipinski definition) is 2. The van der Waals surface area contributed by atoms with E-state index in [1.165, 1.54) is 0 Å². The number of benzene rings is 1. The molecule has 2 amide bonds. The number of ether oxygens (including phenoxy) is 1. The third-order valence-electron chi connectivity index (χ3n) is 3.11. The van der Waals surface area contributed by atoms with Crippen LogP contribution in [0.1, 0.15) is 35.0 Å². The summed E-state index contributed by atoms with van der Waals surface area (Å²) in [6.45, 7) is 2.96. The highest BCUT2D eigenvalue weighted by Crippen LogP contribution is 2.11. The summed E-state index contributed by atoms with van der Waals surface area (Å²) < 4.78 is 5.13. The Balaban J connectivity index is 1.79. The van der Waals surface area contributed by atoms with Crippen LogP contribution in [-0.4, -0.2) is 18.6 Å². The van der Waals surface area contributed by atoms with E-state index in [1.807, 2.05) is 24.4 Å². The van der Waals surface area contributed by atoms with Crippen LogP contribution in [0.25, 0.3) is 0 Å². The lowest BCUT2D eigenvalue weighted by Crippen LogP contribution is -2.27. The molecular weight excluding hydrogens is 312 g/mol. The van der Waals surface area contributed by atoms with E-state index in [1.54, 1.807) is 35.6 Å². The lowest BCUT2D eigenvalue weighted by Gasteiger charge is -2.08. The van der Waals surface area contributed by atoms with E-state index in [0.717, 1.165) is 17.7 Å². The fourth-order valence-electron chi connectivity index (χ4n) is 1.84. The standard InChI is InChI=1S/C17H20N2O3S/c1-2-3-10-22-16(20)13-6-8-14(9-7-13)19-17(21)18-12-15-5-4-11-23-15/h4-9,11H,2-3,10,12H2,1H3,(H2,18,19,21). The van der Waals surface area contributed by atoms with Gasteiger partial charge in [-0.2, -0.15) is 0 Å². The van der Waals surface area contributed by atoms with E-state index in [9.17, 15) is 9.59 Å². The molecule has 6 heteroatoms. The van der Waals surface area contributed by atoms with Crippen LogP contribution >= 0.6 is 11.3 Å². The highest BCUT2D eigenvalue weighted by Gasteiger charge is 2.07. The Labute approximate surface area is 139 Å². The molecule has 1 aromatic carbocycles. The van der Waals surface area contributed by atoms with E-state index in [0.29, 0.717) is 24.4 Å². The molecule has 2 rings (SSSR count). The van der Waals surface area contributed by atoms with Crippen molar-refractivity contribution in [3.05, 3.63) is 52.2 Å². The van der Waals surface area contributed by atoms with Gasteiger partial charge in [-0.05, 0) is 42.1 Å². The van der Waals surface area contributed by atoms with Crippen LogP contribution < -0.4 is 10.6 Å². The average molecular weight is 332 g/mol. The number of hydrogen-bond acceptors (Lipinski definition) is 4. The molecule has 0 atom stereocenters. The monoisotopic (exact) mass is 332 g/mol. The molecule has 122 valence electrons. The number of anilines is 1. The molecule has 0 fully saturated rings. The van der Waals surface area contributed by atoms with Gasteiger partial charge in [-0.25, -0.2) is 9.59 Å². The maximum absolute atomic E-state index is 11.8. The number of esters is 1. The first-order valence-electron chi connectivity index (χ1n) is 7.53. The number of carbonyl (C=O) groups excluding carboxylic acids is 2. The molecule has 0 aliphatic carbocycles. The minimum absolute atomic E-state index is 0.281. The number of urea groups is 1. The highest BCUT2D eigenvalue weighted by molar-refractivity contribution is 7.09. The molecule has 0 radical (unpaired) electrons. The summed E-state index contributed by atoms with van der Waals surface area (Å²) >= 11 is 1.59. The zero-order valence-corrected chi connectivity index (χ0v) is 13.8. The van der Waals surface area contributed by atoms with Gasteiger partial charge in [-0.1, -0.05) is 19.4 Å². The van der Waals surface area contributed by atoms with Crippen molar-refractivity contribution < 1.29 is 14.3 Å². The zero-order chi connectivity index (χ0) is 16.5. The van der Waals surface area contributed by atoms with Crippen molar-refractivity contribution in [3.63, 3.8) is 0 Å². The van der Waals surface area contributed by atoms with E-state index in [2.05, 4.69) is 10.6 Å². The summed E-state index contributed by atoms with van der Waals surface area (Å²) in [5.74, 6) is -0.341. The van der Waals surface area contributed by atoms with E-state index in [-0.39, 0.29) is 12.0 Å². The Morgan fingerprint density at radius 2 is 1.96 bits per heavy atom. The number of unbranched alkanes of at least 4 members (excludes halogenated alkanes) is 1. The molecule has 0 aliphatic heterocycles. The largest absolute Gasteiger partial charge is 0.462 e. The quantitative estimate of drug-likeness (QED) is 0.594. The topological polar surface area (TPSA) is 67.4 Å². The Kier molecular flexibility index (Phi) is 6.62. The number of rotatable bonds is 7. The molecule has 1 heterocycles. The van der Waals surface area contributed by atoms with Gasteiger partial charge in [0.05, 0.1) is 18.7 Å². The molecule has 0 saturated heterocycles. The fourth-order valence-corrected chi connectivity index (χ4v) is 2.48. The van der Waals surface area contributed by atoms with Crippen LogP contribution in [0.15, 0.2) is 41.8 Å². The van der Waals surface area contributed by atoms with Crippen LogP contribution in [0.5, 0.6) is 0 Å². The second-order valence-electron chi connectivity index (χ2n) is 4.95. The van der Waals surface area contributed by atoms with Gasteiger partial charge in [-0.15, -0.1) is 11.3 Å². The Morgan fingerprint density at radius 3 is 2.61 bits per heavy atom. The molecule has 0 saturated carbocycles. The minimum atomic E-state index is -0.341. The van der Waals surface area contributed by atoms with Gasteiger partial charge in [0.25, 0.3) is 0 Å². The van der Waals surface area contributed by atoms with E-state index >= 15 is 0 Å². The van der Waals surface area contributed by atoms with Crippen molar-refractivity contribution in [1.29, 1.82) is 0 Å². The highest BCUT2D eigenvalue weighted by atomic mass is 32.1. The molecule has 5 nitrogen and oxygen atoms in total. The second-order valence-corrected chi connectivity index (χ2v) is 5.99. The first-order valence-corrected chi connectivity index (χ1v) is 8.41. The van der Waals surface area contributed by atoms with Crippen molar-refractivity contribution in [2.75, 3.05) is 11.9 Å². The Bertz CT molecular complexity index is 624. The summed E-state index contributed by atoms with van der Waals surface area (Å²) in [4.78, 5) is 24.6. The molecule has 2 aromatic rings. The van der Waals surface area contributed by atoms with Gasteiger partial charge < -0.3 is 15.4 Å². The fraction of sp³-hybridized carbons (Fsp3) is 0.294. The van der Waals surface area contributed by atoms with Crippen molar-refractivity contribution in [3.8, 4) is 0 Å². The minimum Gasteiger partial charge on any atom is -0.462 e. The number of carbonyl (C=O) groups is 2. The summed E-state index contributed by atoms with van der Waals surface area (Å²) in [6.07, 6.45) is 1.84. The smallest absolute Gasteiger partial charge is 0.338 e. The summed E-state index contributed by atoms with van der Waals surface area (Å²) in [7, 11) is 0. The summed E-state index contributed by atoms with van der Waals surface area (Å²) in [5, 5.41) is 7.46. The van der Waals surface area contributed by atoms with Crippen molar-refractivity contribution >= 4 is 29.0 Å². The van der Waals surface area contributed by atoms with Crippen molar-refractivity contribution in [2.24, 2.45) is 0 Å². The molecule has 2 N–H and O–H groups in total. The molecule has 1 aromatic heterocycles. The predicted octanol–water partition coefficient (Wildman–Crippen LogP) is 4.03. The van der Waals surface area contributed by atoms with Crippen LogP contribution in [0.2, 0.25) is 0 Å². The number of thiophene rings is 1. The van der Waals surface area contributed by atoms with Crippen molar-refractivity contribution in [1.82, 2.24) is 5.32 Å². The first kappa shape index (κ1) is 17.0. The Hall–Kier alpha value is -2.34. The predicted molar refractivity (Wildman–Crippen MR) is 91.8 cm³/mol. The molecule has 0 bridgehead atoms.